The first-order valence-electron chi connectivity index (χ1n) is 8.44. The second-order valence-corrected chi connectivity index (χ2v) is 8.25. The fourth-order valence-corrected chi connectivity index (χ4v) is 3.97. The summed E-state index contributed by atoms with van der Waals surface area (Å²) in [5.41, 5.74) is 1.89. The van der Waals surface area contributed by atoms with Gasteiger partial charge in [-0.25, -0.2) is 0 Å². The highest BCUT2D eigenvalue weighted by Crippen LogP contribution is 2.40. The second kappa shape index (κ2) is 7.28. The Morgan fingerprint density at radius 1 is 1.24 bits per heavy atom. The van der Waals surface area contributed by atoms with Gasteiger partial charge in [0.05, 0.1) is 0 Å². The molecule has 2 heteroatoms. The zero-order valence-electron chi connectivity index (χ0n) is 14.0. The van der Waals surface area contributed by atoms with E-state index in [0.29, 0.717) is 17.5 Å². The van der Waals surface area contributed by atoms with Gasteiger partial charge >= 0.3 is 0 Å². The SMILES string of the molecule is CCC(C)(C)C1CCC(N[C@@H](C)c2cccc(Br)c2)CC1. The fourth-order valence-electron chi connectivity index (χ4n) is 3.56. The highest BCUT2D eigenvalue weighted by Gasteiger charge is 2.32. The summed E-state index contributed by atoms with van der Waals surface area (Å²) in [6, 6.07) is 9.77. The molecule has 0 aromatic heterocycles. The van der Waals surface area contributed by atoms with Crippen LogP contribution in [0.25, 0.3) is 0 Å². The van der Waals surface area contributed by atoms with Gasteiger partial charge < -0.3 is 5.32 Å². The maximum Gasteiger partial charge on any atom is 0.0294 e. The van der Waals surface area contributed by atoms with Crippen LogP contribution in [-0.4, -0.2) is 6.04 Å². The molecule has 1 N–H and O–H groups in total. The standard InChI is InChI=1S/C19H30BrN/c1-5-19(3,4)16-9-11-18(12-10-16)21-14(2)15-7-6-8-17(20)13-15/h6-8,13-14,16,18,21H,5,9-12H2,1-4H3/t14-,16?,18?/m0/s1. The van der Waals surface area contributed by atoms with Crippen LogP contribution in [0, 0.1) is 11.3 Å². The summed E-state index contributed by atoms with van der Waals surface area (Å²) in [6.07, 6.45) is 6.70. The molecule has 1 atom stereocenters. The minimum Gasteiger partial charge on any atom is -0.307 e. The Kier molecular flexibility index (Phi) is 5.90. The molecule has 1 aromatic carbocycles. The number of benzene rings is 1. The topological polar surface area (TPSA) is 12.0 Å². The molecule has 0 aliphatic heterocycles. The third kappa shape index (κ3) is 4.56. The van der Waals surface area contributed by atoms with Crippen molar-refractivity contribution in [3.8, 4) is 0 Å². The van der Waals surface area contributed by atoms with Gasteiger partial charge in [0.15, 0.2) is 0 Å². The lowest BCUT2D eigenvalue weighted by molar-refractivity contribution is 0.134. The van der Waals surface area contributed by atoms with Crippen LogP contribution >= 0.6 is 15.9 Å². The molecule has 0 radical (unpaired) electrons. The summed E-state index contributed by atoms with van der Waals surface area (Å²) in [5.74, 6) is 0.904. The molecule has 118 valence electrons. The average Bonchev–Trinajstić information content (AvgIpc) is 2.48. The Labute approximate surface area is 139 Å². The lowest BCUT2D eigenvalue weighted by atomic mass is 9.69. The van der Waals surface area contributed by atoms with E-state index in [-0.39, 0.29) is 0 Å². The van der Waals surface area contributed by atoms with Crippen LogP contribution < -0.4 is 5.32 Å². The molecule has 0 bridgehead atoms. The molecule has 0 unspecified atom stereocenters. The smallest absolute Gasteiger partial charge is 0.0294 e. The molecule has 1 aromatic rings. The predicted octanol–water partition coefficient (Wildman–Crippen LogP) is 6.09. The summed E-state index contributed by atoms with van der Waals surface area (Å²) in [5, 5.41) is 3.83. The van der Waals surface area contributed by atoms with Crippen molar-refractivity contribution in [2.45, 2.75) is 71.9 Å². The highest BCUT2D eigenvalue weighted by molar-refractivity contribution is 9.10. The van der Waals surface area contributed by atoms with Crippen molar-refractivity contribution in [3.63, 3.8) is 0 Å². The predicted molar refractivity (Wildman–Crippen MR) is 95.5 cm³/mol. The number of nitrogens with one attached hydrogen (secondary N) is 1. The largest absolute Gasteiger partial charge is 0.307 e. The maximum absolute atomic E-state index is 3.83. The normalized spacial score (nSPS) is 24.8. The van der Waals surface area contributed by atoms with Gasteiger partial charge in [0.2, 0.25) is 0 Å². The average molecular weight is 352 g/mol. The molecule has 1 aliphatic rings. The van der Waals surface area contributed by atoms with Crippen molar-refractivity contribution in [2.75, 3.05) is 0 Å². The number of halogens is 1. The molecule has 1 aliphatic carbocycles. The Hall–Kier alpha value is -0.340. The molecule has 1 saturated carbocycles. The van der Waals surface area contributed by atoms with Gasteiger partial charge in [0.25, 0.3) is 0 Å². The van der Waals surface area contributed by atoms with Crippen LogP contribution in [0.2, 0.25) is 0 Å². The lowest BCUT2D eigenvalue weighted by Crippen LogP contribution is -2.38. The van der Waals surface area contributed by atoms with Gasteiger partial charge in [-0.1, -0.05) is 55.3 Å². The second-order valence-electron chi connectivity index (χ2n) is 7.33. The van der Waals surface area contributed by atoms with Gasteiger partial charge in [-0.05, 0) is 61.6 Å². The summed E-state index contributed by atoms with van der Waals surface area (Å²) < 4.78 is 1.17. The van der Waals surface area contributed by atoms with Crippen LogP contribution in [0.5, 0.6) is 0 Å². The van der Waals surface area contributed by atoms with E-state index < -0.39 is 0 Å². The highest BCUT2D eigenvalue weighted by atomic mass is 79.9. The van der Waals surface area contributed by atoms with Crippen molar-refractivity contribution >= 4 is 15.9 Å². The first-order valence-corrected chi connectivity index (χ1v) is 9.23. The van der Waals surface area contributed by atoms with Crippen LogP contribution in [0.3, 0.4) is 0 Å². The van der Waals surface area contributed by atoms with Crippen LogP contribution in [-0.2, 0) is 0 Å². The molecular weight excluding hydrogens is 322 g/mol. The van der Waals surface area contributed by atoms with E-state index in [1.54, 1.807) is 0 Å². The van der Waals surface area contributed by atoms with Gasteiger partial charge in [-0.15, -0.1) is 0 Å². The minimum atomic E-state index is 0.434. The minimum absolute atomic E-state index is 0.434. The summed E-state index contributed by atoms with van der Waals surface area (Å²) >= 11 is 3.57. The van der Waals surface area contributed by atoms with Gasteiger partial charge in [0, 0.05) is 16.6 Å². The van der Waals surface area contributed by atoms with Crippen LogP contribution in [0.4, 0.5) is 0 Å². The van der Waals surface area contributed by atoms with E-state index >= 15 is 0 Å². The number of hydrogen-bond donors (Lipinski definition) is 1. The molecule has 0 amide bonds. The van der Waals surface area contributed by atoms with Crippen molar-refractivity contribution in [3.05, 3.63) is 34.3 Å². The van der Waals surface area contributed by atoms with E-state index in [1.807, 2.05) is 0 Å². The Bertz CT molecular complexity index is 447. The molecular formula is C19H30BrN. The van der Waals surface area contributed by atoms with E-state index in [0.717, 1.165) is 5.92 Å². The molecule has 0 heterocycles. The third-order valence-electron chi connectivity index (χ3n) is 5.58. The lowest BCUT2D eigenvalue weighted by Gasteiger charge is -2.39. The zero-order chi connectivity index (χ0) is 15.5. The number of rotatable bonds is 5. The van der Waals surface area contributed by atoms with Gasteiger partial charge in [-0.3, -0.25) is 0 Å². The van der Waals surface area contributed by atoms with Crippen molar-refractivity contribution < 1.29 is 0 Å². The monoisotopic (exact) mass is 351 g/mol. The van der Waals surface area contributed by atoms with E-state index in [9.17, 15) is 0 Å². The molecule has 2 rings (SSSR count). The molecule has 21 heavy (non-hydrogen) atoms. The van der Waals surface area contributed by atoms with Gasteiger partial charge in [-0.2, -0.15) is 0 Å². The maximum atomic E-state index is 3.83. The Morgan fingerprint density at radius 3 is 2.48 bits per heavy atom. The number of hydrogen-bond acceptors (Lipinski definition) is 1. The molecule has 1 fully saturated rings. The molecule has 1 nitrogen and oxygen atoms in total. The summed E-state index contributed by atoms with van der Waals surface area (Å²) in [6.45, 7) is 9.49. The van der Waals surface area contributed by atoms with Crippen LogP contribution in [0.15, 0.2) is 28.7 Å². The third-order valence-corrected chi connectivity index (χ3v) is 6.07. The first kappa shape index (κ1) is 17.0. The van der Waals surface area contributed by atoms with E-state index in [1.165, 1.54) is 42.1 Å². The van der Waals surface area contributed by atoms with E-state index in [2.05, 4.69) is 73.2 Å². The zero-order valence-corrected chi connectivity index (χ0v) is 15.5. The van der Waals surface area contributed by atoms with Crippen molar-refractivity contribution in [1.29, 1.82) is 0 Å². The summed E-state index contributed by atoms with van der Waals surface area (Å²) in [7, 11) is 0. The first-order chi connectivity index (χ1) is 9.92. The Balaban J connectivity index is 1.86. The van der Waals surface area contributed by atoms with E-state index in [4.69, 9.17) is 0 Å². The molecule has 0 saturated heterocycles. The van der Waals surface area contributed by atoms with Crippen LogP contribution in [0.1, 0.15) is 71.4 Å². The Morgan fingerprint density at radius 2 is 1.90 bits per heavy atom. The van der Waals surface area contributed by atoms with Crippen molar-refractivity contribution in [1.82, 2.24) is 5.32 Å². The van der Waals surface area contributed by atoms with Crippen molar-refractivity contribution in [2.24, 2.45) is 11.3 Å². The van der Waals surface area contributed by atoms with Gasteiger partial charge in [0.1, 0.15) is 0 Å². The quantitative estimate of drug-likeness (QED) is 0.676. The molecule has 0 spiro atoms. The fraction of sp³-hybridized carbons (Fsp3) is 0.684. The summed E-state index contributed by atoms with van der Waals surface area (Å²) in [4.78, 5) is 0.